The van der Waals surface area contributed by atoms with Gasteiger partial charge in [0.1, 0.15) is 37.9 Å². The van der Waals surface area contributed by atoms with E-state index < -0.39 is 17.9 Å². The molecule has 0 amide bonds. The standard InChI is InChI=1S/C35H42O8/c1-2-3-4-5-6-7-8-15-22-41-35(38)32-27-28(33(36)42-25-23-39-29-16-11-9-12-17-29)20-21-31(32)34(37)43-26-24-40-30-18-13-10-14-19-30/h9-14,16-21,27H,2-8,15,22-26H2,1H3. The lowest BCUT2D eigenvalue weighted by Gasteiger charge is -2.12. The summed E-state index contributed by atoms with van der Waals surface area (Å²) in [6.45, 7) is 2.71. The summed E-state index contributed by atoms with van der Waals surface area (Å²) in [6.07, 6.45) is 8.87. The zero-order valence-corrected chi connectivity index (χ0v) is 25.0. The molecular formula is C35H42O8. The van der Waals surface area contributed by atoms with Crippen molar-refractivity contribution in [1.29, 1.82) is 0 Å². The van der Waals surface area contributed by atoms with Crippen molar-refractivity contribution >= 4 is 17.9 Å². The van der Waals surface area contributed by atoms with Crippen LogP contribution in [-0.2, 0) is 14.2 Å². The Hall–Kier alpha value is -4.33. The number of para-hydroxylation sites is 2. The number of carbonyl (C=O) groups excluding carboxylic acids is 3. The summed E-state index contributed by atoms with van der Waals surface area (Å²) >= 11 is 0. The molecule has 230 valence electrons. The Kier molecular flexibility index (Phi) is 15.2. The lowest BCUT2D eigenvalue weighted by Crippen LogP contribution is -2.19. The van der Waals surface area contributed by atoms with Crippen molar-refractivity contribution in [3.05, 3.63) is 95.6 Å². The SMILES string of the molecule is CCCCCCCCCCOC(=O)c1cc(C(=O)OCCOc2ccccc2)ccc1C(=O)OCCOc1ccccc1. The second kappa shape index (κ2) is 19.7. The van der Waals surface area contributed by atoms with Crippen molar-refractivity contribution in [3.63, 3.8) is 0 Å². The molecule has 8 heteroatoms. The molecule has 8 nitrogen and oxygen atoms in total. The van der Waals surface area contributed by atoms with Gasteiger partial charge in [-0.15, -0.1) is 0 Å². The molecular weight excluding hydrogens is 548 g/mol. The van der Waals surface area contributed by atoms with Gasteiger partial charge in [-0.2, -0.15) is 0 Å². The molecule has 3 aromatic carbocycles. The number of carbonyl (C=O) groups is 3. The van der Waals surface area contributed by atoms with E-state index in [0.717, 1.165) is 19.3 Å². The van der Waals surface area contributed by atoms with Crippen LogP contribution >= 0.6 is 0 Å². The van der Waals surface area contributed by atoms with Gasteiger partial charge in [0, 0.05) is 0 Å². The maximum absolute atomic E-state index is 13.1. The second-order valence-corrected chi connectivity index (χ2v) is 9.97. The molecule has 0 N–H and O–H groups in total. The smallest absolute Gasteiger partial charge is 0.339 e. The predicted molar refractivity (Wildman–Crippen MR) is 164 cm³/mol. The highest BCUT2D eigenvalue weighted by Crippen LogP contribution is 2.18. The fourth-order valence-electron chi connectivity index (χ4n) is 4.28. The summed E-state index contributed by atoms with van der Waals surface area (Å²) in [5, 5.41) is 0. The first-order valence-electron chi connectivity index (χ1n) is 15.1. The molecule has 3 rings (SSSR count). The van der Waals surface area contributed by atoms with Crippen LogP contribution in [0.4, 0.5) is 0 Å². The summed E-state index contributed by atoms with van der Waals surface area (Å²) in [5.74, 6) is -0.743. The summed E-state index contributed by atoms with van der Waals surface area (Å²) in [5.41, 5.74) is 0.0656. The lowest BCUT2D eigenvalue weighted by atomic mass is 10.0. The Morgan fingerprint density at radius 2 is 0.977 bits per heavy atom. The molecule has 0 aliphatic rings. The summed E-state index contributed by atoms with van der Waals surface area (Å²) in [7, 11) is 0. The average Bonchev–Trinajstić information content (AvgIpc) is 3.04. The minimum Gasteiger partial charge on any atom is -0.490 e. The first-order valence-corrected chi connectivity index (χ1v) is 15.1. The van der Waals surface area contributed by atoms with Crippen LogP contribution in [0.1, 0.15) is 89.4 Å². The van der Waals surface area contributed by atoms with Crippen molar-refractivity contribution in [2.75, 3.05) is 33.0 Å². The predicted octanol–water partition coefficient (Wildman–Crippen LogP) is 7.46. The van der Waals surface area contributed by atoms with Crippen LogP contribution in [0, 0.1) is 0 Å². The van der Waals surface area contributed by atoms with E-state index in [1.54, 1.807) is 24.3 Å². The van der Waals surface area contributed by atoms with Gasteiger partial charge >= 0.3 is 17.9 Å². The molecule has 0 aliphatic carbocycles. The molecule has 0 saturated heterocycles. The van der Waals surface area contributed by atoms with Crippen LogP contribution in [0.2, 0.25) is 0 Å². The van der Waals surface area contributed by atoms with Crippen LogP contribution in [-0.4, -0.2) is 50.9 Å². The Labute approximate surface area is 254 Å². The topological polar surface area (TPSA) is 97.4 Å². The molecule has 43 heavy (non-hydrogen) atoms. The molecule has 0 saturated carbocycles. The minimum absolute atomic E-state index is 0.00426. The molecule has 0 unspecified atom stereocenters. The van der Waals surface area contributed by atoms with E-state index in [0.29, 0.717) is 11.5 Å². The van der Waals surface area contributed by atoms with E-state index in [1.807, 2.05) is 36.4 Å². The lowest BCUT2D eigenvalue weighted by molar-refractivity contribution is 0.0417. The third-order valence-corrected chi connectivity index (χ3v) is 6.58. The number of hydrogen-bond donors (Lipinski definition) is 0. The van der Waals surface area contributed by atoms with Gasteiger partial charge in [0.2, 0.25) is 0 Å². The van der Waals surface area contributed by atoms with Crippen molar-refractivity contribution in [3.8, 4) is 11.5 Å². The van der Waals surface area contributed by atoms with E-state index >= 15 is 0 Å². The zero-order chi connectivity index (χ0) is 30.5. The molecule has 0 bridgehead atoms. The number of rotatable bonds is 20. The number of esters is 3. The van der Waals surface area contributed by atoms with Crippen LogP contribution in [0.15, 0.2) is 78.9 Å². The highest BCUT2D eigenvalue weighted by molar-refractivity contribution is 6.05. The highest BCUT2D eigenvalue weighted by Gasteiger charge is 2.22. The highest BCUT2D eigenvalue weighted by atomic mass is 16.6. The van der Waals surface area contributed by atoms with Crippen LogP contribution < -0.4 is 9.47 Å². The Morgan fingerprint density at radius 1 is 0.488 bits per heavy atom. The quantitative estimate of drug-likeness (QED) is 0.0760. The number of ether oxygens (including phenoxy) is 5. The normalized spacial score (nSPS) is 10.5. The third kappa shape index (κ3) is 12.6. The summed E-state index contributed by atoms with van der Waals surface area (Å²) in [6, 6.07) is 22.5. The molecule has 0 aromatic heterocycles. The molecule has 0 atom stereocenters. The molecule has 0 fully saturated rings. The molecule has 0 spiro atoms. The van der Waals surface area contributed by atoms with Gasteiger partial charge in [0.15, 0.2) is 0 Å². The number of benzene rings is 3. The van der Waals surface area contributed by atoms with E-state index in [9.17, 15) is 14.4 Å². The molecule has 3 aromatic rings. The van der Waals surface area contributed by atoms with Gasteiger partial charge in [-0.1, -0.05) is 88.3 Å². The molecule has 0 radical (unpaired) electrons. The Morgan fingerprint density at radius 3 is 1.56 bits per heavy atom. The van der Waals surface area contributed by atoms with Gasteiger partial charge in [-0.05, 0) is 48.9 Å². The van der Waals surface area contributed by atoms with E-state index in [2.05, 4.69) is 6.92 Å². The Bertz CT molecular complexity index is 1240. The third-order valence-electron chi connectivity index (χ3n) is 6.58. The number of hydrogen-bond acceptors (Lipinski definition) is 8. The zero-order valence-electron chi connectivity index (χ0n) is 25.0. The maximum atomic E-state index is 13.1. The Balaban J connectivity index is 1.55. The molecule has 0 heterocycles. The fraction of sp³-hybridized carbons (Fsp3) is 0.400. The van der Waals surface area contributed by atoms with Crippen LogP contribution in [0.5, 0.6) is 11.5 Å². The van der Waals surface area contributed by atoms with Crippen molar-refractivity contribution in [2.45, 2.75) is 58.3 Å². The van der Waals surface area contributed by atoms with Crippen molar-refractivity contribution in [2.24, 2.45) is 0 Å². The minimum atomic E-state index is -0.716. The van der Waals surface area contributed by atoms with Crippen molar-refractivity contribution in [1.82, 2.24) is 0 Å². The van der Waals surface area contributed by atoms with Gasteiger partial charge in [-0.3, -0.25) is 0 Å². The maximum Gasteiger partial charge on any atom is 0.339 e. The second-order valence-electron chi connectivity index (χ2n) is 9.97. The van der Waals surface area contributed by atoms with Gasteiger partial charge < -0.3 is 23.7 Å². The number of unbranched alkanes of at least 4 members (excludes halogenated alkanes) is 7. The largest absolute Gasteiger partial charge is 0.490 e. The van der Waals surface area contributed by atoms with Gasteiger partial charge in [-0.25, -0.2) is 14.4 Å². The average molecular weight is 591 g/mol. The van der Waals surface area contributed by atoms with E-state index in [-0.39, 0.29) is 49.7 Å². The van der Waals surface area contributed by atoms with Crippen LogP contribution in [0.3, 0.4) is 0 Å². The first kappa shape index (κ1) is 33.2. The van der Waals surface area contributed by atoms with Gasteiger partial charge in [0.05, 0.1) is 23.3 Å². The van der Waals surface area contributed by atoms with Crippen molar-refractivity contribution < 1.29 is 38.1 Å². The first-order chi connectivity index (χ1) is 21.1. The summed E-state index contributed by atoms with van der Waals surface area (Å²) < 4.78 is 27.3. The fourth-order valence-corrected chi connectivity index (χ4v) is 4.28. The van der Waals surface area contributed by atoms with Gasteiger partial charge in [0.25, 0.3) is 0 Å². The monoisotopic (exact) mass is 590 g/mol. The summed E-state index contributed by atoms with van der Waals surface area (Å²) in [4.78, 5) is 38.7. The molecule has 0 aliphatic heterocycles. The van der Waals surface area contributed by atoms with E-state index in [1.165, 1.54) is 50.3 Å². The van der Waals surface area contributed by atoms with Crippen LogP contribution in [0.25, 0.3) is 0 Å². The van der Waals surface area contributed by atoms with E-state index in [4.69, 9.17) is 23.7 Å².